The molecule has 3 atom stereocenters. The van der Waals surface area contributed by atoms with Crippen LogP contribution in [0.2, 0.25) is 0 Å². The summed E-state index contributed by atoms with van der Waals surface area (Å²) in [5, 5.41) is 0. The summed E-state index contributed by atoms with van der Waals surface area (Å²) in [5.41, 5.74) is 1.03. The first kappa shape index (κ1) is 29.8. The normalized spacial score (nSPS) is 14.2. The Morgan fingerprint density at radius 3 is 2.47 bits per heavy atom. The lowest BCUT2D eigenvalue weighted by molar-refractivity contribution is -0.145. The zero-order valence-corrected chi connectivity index (χ0v) is 22.1. The molecular weight excluding hydrogens is 439 g/mol. The van der Waals surface area contributed by atoms with Gasteiger partial charge < -0.3 is 9.26 Å². The lowest BCUT2D eigenvalue weighted by Crippen LogP contribution is -2.15. The highest BCUT2D eigenvalue weighted by Crippen LogP contribution is 2.17. The molecule has 1 aromatic carbocycles. The van der Waals surface area contributed by atoms with Gasteiger partial charge in [0.2, 0.25) is 0 Å². The van der Waals surface area contributed by atoms with Gasteiger partial charge in [-0.1, -0.05) is 111 Å². The van der Waals surface area contributed by atoms with Gasteiger partial charge in [-0.15, -0.1) is 0 Å². The molecular formula is C30H43O3P. The third kappa shape index (κ3) is 16.4. The van der Waals surface area contributed by atoms with E-state index in [1.54, 1.807) is 0 Å². The highest BCUT2D eigenvalue weighted by Gasteiger charge is 2.11. The van der Waals surface area contributed by atoms with Gasteiger partial charge in [0.25, 0.3) is 0 Å². The van der Waals surface area contributed by atoms with Crippen molar-refractivity contribution >= 4 is 15.4 Å². The van der Waals surface area contributed by atoms with Crippen LogP contribution in [0.5, 0.6) is 0 Å². The summed E-state index contributed by atoms with van der Waals surface area (Å²) in [4.78, 5) is 11.8. The van der Waals surface area contributed by atoms with E-state index in [1.165, 1.54) is 0 Å². The van der Waals surface area contributed by atoms with Gasteiger partial charge in [0, 0.05) is 21.8 Å². The number of ether oxygens (including phenoxy) is 1. The molecule has 4 heteroatoms. The van der Waals surface area contributed by atoms with Crippen molar-refractivity contribution in [2.45, 2.75) is 77.9 Å². The molecule has 3 unspecified atom stereocenters. The van der Waals surface area contributed by atoms with E-state index in [0.717, 1.165) is 50.5 Å². The Morgan fingerprint density at radius 1 is 0.941 bits per heavy atom. The van der Waals surface area contributed by atoms with Crippen LogP contribution in [0.1, 0.15) is 70.8 Å². The van der Waals surface area contributed by atoms with Crippen molar-refractivity contribution < 1.29 is 14.1 Å². The second-order valence-corrected chi connectivity index (χ2v) is 8.57. The topological polar surface area (TPSA) is 35.5 Å². The lowest BCUT2D eigenvalue weighted by Gasteiger charge is -2.17. The molecule has 0 saturated heterocycles. The Balaban J connectivity index is 2.10. The minimum Gasteiger partial charge on any atom is -0.461 e. The second kappa shape index (κ2) is 21.3. The summed E-state index contributed by atoms with van der Waals surface area (Å²) < 4.78 is 10.9. The zero-order chi connectivity index (χ0) is 24.7. The summed E-state index contributed by atoms with van der Waals surface area (Å²) in [7, 11) is 2.40. The predicted octanol–water partition coefficient (Wildman–Crippen LogP) is 8.46. The Hall–Kier alpha value is -2.22. The first-order chi connectivity index (χ1) is 16.7. The van der Waals surface area contributed by atoms with E-state index in [0.29, 0.717) is 18.9 Å². The summed E-state index contributed by atoms with van der Waals surface area (Å²) in [6.45, 7) is 4.69. The number of unbranched alkanes of at least 4 members (excludes halogenated alkanes) is 3. The highest BCUT2D eigenvalue weighted by atomic mass is 31.0. The van der Waals surface area contributed by atoms with Gasteiger partial charge >= 0.3 is 5.97 Å². The molecule has 34 heavy (non-hydrogen) atoms. The van der Waals surface area contributed by atoms with Crippen molar-refractivity contribution in [1.29, 1.82) is 0 Å². The largest absolute Gasteiger partial charge is 0.461 e. The fourth-order valence-corrected chi connectivity index (χ4v) is 3.61. The second-order valence-electron chi connectivity index (χ2n) is 8.30. The van der Waals surface area contributed by atoms with E-state index in [9.17, 15) is 4.79 Å². The number of carbonyl (C=O) groups is 1. The lowest BCUT2D eigenvalue weighted by atomic mass is 10.0. The molecule has 0 N–H and O–H groups in total. The van der Waals surface area contributed by atoms with Crippen molar-refractivity contribution in [3.63, 3.8) is 0 Å². The van der Waals surface area contributed by atoms with Crippen molar-refractivity contribution in [1.82, 2.24) is 0 Å². The van der Waals surface area contributed by atoms with Gasteiger partial charge in [-0.2, -0.15) is 0 Å². The summed E-state index contributed by atoms with van der Waals surface area (Å²) in [6, 6.07) is 9.79. The number of benzene rings is 1. The first-order valence-corrected chi connectivity index (χ1v) is 13.0. The third-order valence-electron chi connectivity index (χ3n) is 5.35. The van der Waals surface area contributed by atoms with Crippen molar-refractivity contribution in [2.24, 2.45) is 5.92 Å². The summed E-state index contributed by atoms with van der Waals surface area (Å²) in [5.74, 6) is 0.221. The standard InChI is InChI=1S/C30H43O3P/c1-3-4-5-6-13-19-24-29(33-34)27(2)21-16-12-10-8-7-9-11-14-20-25-30(31)32-26-28-22-17-15-18-23-28/h4-5,7-8,10,12-13,15-19,21-23,27,29H,3,6,9,11,14,20,24-26,34H2,1-2H3/b5-4-,8-7-,12-10+,19-13-,21-16+. The fraction of sp³-hybridized carbons (Fsp3) is 0.433. The van der Waals surface area contributed by atoms with Gasteiger partial charge in [-0.25, -0.2) is 0 Å². The van der Waals surface area contributed by atoms with Crippen LogP contribution in [0.3, 0.4) is 0 Å². The highest BCUT2D eigenvalue weighted by molar-refractivity contribution is 7.09. The molecule has 0 radical (unpaired) electrons. The van der Waals surface area contributed by atoms with E-state index < -0.39 is 0 Å². The molecule has 0 heterocycles. The number of hydrogen-bond acceptors (Lipinski definition) is 3. The van der Waals surface area contributed by atoms with Crippen molar-refractivity contribution in [3.05, 3.63) is 96.7 Å². The van der Waals surface area contributed by atoms with E-state index >= 15 is 0 Å². The smallest absolute Gasteiger partial charge is 0.306 e. The Morgan fingerprint density at radius 2 is 1.71 bits per heavy atom. The molecule has 1 rings (SSSR count). The molecule has 1 aromatic rings. The van der Waals surface area contributed by atoms with Crippen LogP contribution in [0.4, 0.5) is 0 Å². The van der Waals surface area contributed by atoms with Crippen LogP contribution in [0, 0.1) is 5.92 Å². The van der Waals surface area contributed by atoms with Crippen molar-refractivity contribution in [3.8, 4) is 0 Å². The SMILES string of the molecule is CC/C=C\C/C=C\CC(OP)C(C)/C=C/C=C/C=C\CCCCCC(=O)OCc1ccccc1. The van der Waals surface area contributed by atoms with Crippen LogP contribution < -0.4 is 0 Å². The average molecular weight is 483 g/mol. The van der Waals surface area contributed by atoms with Gasteiger partial charge in [0.15, 0.2) is 0 Å². The fourth-order valence-electron chi connectivity index (χ4n) is 3.25. The van der Waals surface area contributed by atoms with E-state index in [1.807, 2.05) is 30.3 Å². The first-order valence-electron chi connectivity index (χ1n) is 12.5. The average Bonchev–Trinajstić information content (AvgIpc) is 2.86. The molecule has 0 saturated carbocycles. The van der Waals surface area contributed by atoms with Crippen LogP contribution in [-0.2, 0) is 20.7 Å². The molecule has 0 aliphatic carbocycles. The van der Waals surface area contributed by atoms with Gasteiger partial charge in [0.1, 0.15) is 6.61 Å². The minimum absolute atomic E-state index is 0.113. The summed E-state index contributed by atoms with van der Waals surface area (Å²) >= 11 is 0. The van der Waals surface area contributed by atoms with Crippen LogP contribution in [0.25, 0.3) is 0 Å². The number of allylic oxidation sites excluding steroid dienone is 8. The number of hydrogen-bond donors (Lipinski definition) is 0. The summed E-state index contributed by atoms with van der Waals surface area (Å²) in [6.07, 6.45) is 29.1. The molecule has 186 valence electrons. The minimum atomic E-state index is -0.113. The number of carbonyl (C=O) groups excluding carboxylic acids is 1. The third-order valence-corrected chi connectivity index (χ3v) is 5.70. The Kier molecular flexibility index (Phi) is 18.7. The Labute approximate surface area is 210 Å². The van der Waals surface area contributed by atoms with E-state index in [4.69, 9.17) is 9.26 Å². The van der Waals surface area contributed by atoms with Gasteiger partial charge in [0.05, 0.1) is 6.10 Å². The zero-order valence-electron chi connectivity index (χ0n) is 21.0. The maximum Gasteiger partial charge on any atom is 0.306 e. The quantitative estimate of drug-likeness (QED) is 0.0692. The maximum atomic E-state index is 11.8. The molecule has 3 nitrogen and oxygen atoms in total. The van der Waals surface area contributed by atoms with Crippen molar-refractivity contribution in [2.75, 3.05) is 0 Å². The molecule has 0 aromatic heterocycles. The maximum absolute atomic E-state index is 11.8. The molecule has 0 aliphatic heterocycles. The van der Waals surface area contributed by atoms with Crippen LogP contribution >= 0.6 is 9.47 Å². The van der Waals surface area contributed by atoms with E-state index in [2.05, 4.69) is 84.1 Å². The van der Waals surface area contributed by atoms with Gasteiger partial charge in [-0.3, -0.25) is 4.79 Å². The van der Waals surface area contributed by atoms with Crippen LogP contribution in [0.15, 0.2) is 91.1 Å². The van der Waals surface area contributed by atoms with Gasteiger partial charge in [-0.05, 0) is 44.1 Å². The molecule has 0 aliphatic rings. The Bertz CT molecular complexity index is 777. The number of esters is 1. The molecule has 0 bridgehead atoms. The molecule has 0 spiro atoms. The molecule has 0 amide bonds. The van der Waals surface area contributed by atoms with Crippen LogP contribution in [-0.4, -0.2) is 12.1 Å². The number of rotatable bonds is 18. The monoisotopic (exact) mass is 482 g/mol. The van der Waals surface area contributed by atoms with E-state index in [-0.39, 0.29) is 12.1 Å². The molecule has 0 fully saturated rings. The predicted molar refractivity (Wildman–Crippen MR) is 148 cm³/mol.